The zero-order valence-electron chi connectivity index (χ0n) is 17.9. The van der Waals surface area contributed by atoms with Crippen LogP contribution in [0.1, 0.15) is 65.7 Å². The summed E-state index contributed by atoms with van der Waals surface area (Å²) < 4.78 is 0. The molecule has 1 aromatic rings. The lowest BCUT2D eigenvalue weighted by Gasteiger charge is -2.50. The number of carbonyl (C=O) groups excluding carboxylic acids is 4. The first-order valence-electron chi connectivity index (χ1n) is 11.3. The van der Waals surface area contributed by atoms with Crippen LogP contribution in [-0.2, 0) is 9.59 Å². The summed E-state index contributed by atoms with van der Waals surface area (Å²) in [7, 11) is 0. The molecular formula is C23H29ClN4O4. The molecule has 5 rings (SSSR count). The first-order valence-corrected chi connectivity index (χ1v) is 11.3. The number of carbonyl (C=O) groups is 4. The molecule has 1 atom stereocenters. The van der Waals surface area contributed by atoms with Crippen LogP contribution in [0.15, 0.2) is 18.2 Å². The molecule has 3 fully saturated rings. The SMILES string of the molecule is Cl.O=C1CCC(N2C(=O)c3cccc(NCCC4CC5(CCNCC5)C4)c3C2=O)C(=O)N1. The minimum Gasteiger partial charge on any atom is -0.384 e. The van der Waals surface area contributed by atoms with Crippen molar-refractivity contribution in [3.63, 3.8) is 0 Å². The Morgan fingerprint density at radius 3 is 2.53 bits per heavy atom. The average Bonchev–Trinajstić information content (AvgIpc) is 2.99. The van der Waals surface area contributed by atoms with Crippen molar-refractivity contribution in [3.8, 4) is 0 Å². The number of fused-ring (bicyclic) bond motifs is 1. The highest BCUT2D eigenvalue weighted by Crippen LogP contribution is 2.52. The van der Waals surface area contributed by atoms with Crippen molar-refractivity contribution in [1.29, 1.82) is 0 Å². The number of hydrogen-bond acceptors (Lipinski definition) is 6. The van der Waals surface area contributed by atoms with Gasteiger partial charge in [0.05, 0.1) is 11.1 Å². The monoisotopic (exact) mass is 460 g/mol. The molecule has 9 heteroatoms. The molecule has 2 saturated heterocycles. The molecule has 0 bridgehead atoms. The van der Waals surface area contributed by atoms with Crippen molar-refractivity contribution < 1.29 is 19.2 Å². The number of halogens is 1. The molecule has 8 nitrogen and oxygen atoms in total. The fourth-order valence-electron chi connectivity index (χ4n) is 5.81. The number of nitrogens with zero attached hydrogens (tertiary/aromatic N) is 1. The Bertz CT molecular complexity index is 951. The maximum Gasteiger partial charge on any atom is 0.264 e. The Morgan fingerprint density at radius 1 is 1.06 bits per heavy atom. The number of benzene rings is 1. The largest absolute Gasteiger partial charge is 0.384 e. The van der Waals surface area contributed by atoms with Gasteiger partial charge in [-0.25, -0.2) is 0 Å². The van der Waals surface area contributed by atoms with Gasteiger partial charge in [-0.2, -0.15) is 0 Å². The van der Waals surface area contributed by atoms with Gasteiger partial charge >= 0.3 is 0 Å². The van der Waals surface area contributed by atoms with Gasteiger partial charge in [0.15, 0.2) is 0 Å². The highest BCUT2D eigenvalue weighted by atomic mass is 35.5. The summed E-state index contributed by atoms with van der Waals surface area (Å²) >= 11 is 0. The fourth-order valence-corrected chi connectivity index (χ4v) is 5.81. The van der Waals surface area contributed by atoms with Gasteiger partial charge in [-0.15, -0.1) is 12.4 Å². The number of nitrogens with one attached hydrogen (secondary N) is 3. The van der Waals surface area contributed by atoms with Crippen molar-refractivity contribution in [3.05, 3.63) is 29.3 Å². The summed E-state index contributed by atoms with van der Waals surface area (Å²) in [5.41, 5.74) is 1.84. The maximum atomic E-state index is 13.1. The quantitative estimate of drug-likeness (QED) is 0.581. The first kappa shape index (κ1) is 22.7. The average molecular weight is 461 g/mol. The van der Waals surface area contributed by atoms with Crippen molar-refractivity contribution in [2.75, 3.05) is 25.0 Å². The predicted molar refractivity (Wildman–Crippen MR) is 121 cm³/mol. The predicted octanol–water partition coefficient (Wildman–Crippen LogP) is 2.09. The number of amides is 4. The summed E-state index contributed by atoms with van der Waals surface area (Å²) in [6.07, 6.45) is 6.43. The standard InChI is InChI=1S/C23H28N4O4.ClH/c28-18-5-4-17(20(29)26-18)27-21(30)15-2-1-3-16(19(15)22(27)31)25-9-6-14-12-23(13-14)7-10-24-11-8-23;/h1-3,14,17,24-25H,4-13H2,(H,26,28,29);1H. The minimum absolute atomic E-state index is 0. The fraction of sp³-hybridized carbons (Fsp3) is 0.565. The second-order valence-electron chi connectivity index (χ2n) is 9.42. The van der Waals surface area contributed by atoms with Gasteiger partial charge in [0.2, 0.25) is 11.8 Å². The third kappa shape index (κ3) is 3.90. The van der Waals surface area contributed by atoms with Crippen molar-refractivity contribution in [2.24, 2.45) is 11.3 Å². The molecule has 0 radical (unpaired) electrons. The summed E-state index contributed by atoms with van der Waals surface area (Å²) in [5.74, 6) is -1.18. The molecule has 0 aromatic heterocycles. The van der Waals surface area contributed by atoms with Crippen LogP contribution < -0.4 is 16.0 Å². The molecule has 32 heavy (non-hydrogen) atoms. The van der Waals surface area contributed by atoms with Gasteiger partial charge in [0, 0.05) is 18.7 Å². The molecule has 1 spiro atoms. The van der Waals surface area contributed by atoms with Crippen molar-refractivity contribution >= 4 is 41.7 Å². The van der Waals surface area contributed by atoms with E-state index in [-0.39, 0.29) is 31.2 Å². The smallest absolute Gasteiger partial charge is 0.264 e. The maximum absolute atomic E-state index is 13.1. The Labute approximate surface area is 193 Å². The summed E-state index contributed by atoms with van der Waals surface area (Å²) in [5, 5.41) is 9.02. The van der Waals surface area contributed by atoms with E-state index >= 15 is 0 Å². The number of piperidine rings is 2. The molecule has 1 saturated carbocycles. The minimum atomic E-state index is -0.936. The third-order valence-electron chi connectivity index (χ3n) is 7.44. The Balaban J connectivity index is 0.00000245. The van der Waals surface area contributed by atoms with Crippen LogP contribution in [0.3, 0.4) is 0 Å². The van der Waals surface area contributed by atoms with E-state index in [0.717, 1.165) is 31.0 Å². The van der Waals surface area contributed by atoms with Crippen LogP contribution in [-0.4, -0.2) is 54.2 Å². The Kier molecular flexibility index (Phi) is 6.27. The number of imide groups is 2. The second-order valence-corrected chi connectivity index (χ2v) is 9.42. The first-order chi connectivity index (χ1) is 15.0. The van der Waals surface area contributed by atoms with E-state index in [0.29, 0.717) is 28.1 Å². The van der Waals surface area contributed by atoms with Crippen LogP contribution in [0.4, 0.5) is 5.69 Å². The molecule has 3 aliphatic heterocycles. The van der Waals surface area contributed by atoms with Crippen LogP contribution >= 0.6 is 12.4 Å². The number of rotatable bonds is 5. The van der Waals surface area contributed by atoms with Crippen molar-refractivity contribution in [1.82, 2.24) is 15.5 Å². The normalized spacial score (nSPS) is 24.6. The molecule has 1 unspecified atom stereocenters. The van der Waals surface area contributed by atoms with Crippen molar-refractivity contribution in [2.45, 2.75) is 51.0 Å². The van der Waals surface area contributed by atoms with E-state index in [1.54, 1.807) is 12.1 Å². The lowest BCUT2D eigenvalue weighted by molar-refractivity contribution is -0.136. The molecule has 1 aromatic carbocycles. The number of anilines is 1. The molecular weight excluding hydrogens is 432 g/mol. The highest BCUT2D eigenvalue weighted by Gasteiger charge is 2.46. The van der Waals surface area contributed by atoms with Crippen LogP contribution in [0.5, 0.6) is 0 Å². The van der Waals surface area contributed by atoms with Gasteiger partial charge < -0.3 is 10.6 Å². The van der Waals surface area contributed by atoms with Crippen LogP contribution in [0.2, 0.25) is 0 Å². The molecule has 172 valence electrons. The van der Waals surface area contributed by atoms with Crippen LogP contribution in [0, 0.1) is 11.3 Å². The molecule has 3 heterocycles. The van der Waals surface area contributed by atoms with Gasteiger partial charge in [-0.05, 0) is 75.1 Å². The Morgan fingerprint density at radius 2 is 1.81 bits per heavy atom. The third-order valence-corrected chi connectivity index (χ3v) is 7.44. The Hall–Kier alpha value is -2.45. The zero-order chi connectivity index (χ0) is 21.6. The van der Waals surface area contributed by atoms with Gasteiger partial charge in [-0.3, -0.25) is 29.4 Å². The van der Waals surface area contributed by atoms with Gasteiger partial charge in [-0.1, -0.05) is 6.07 Å². The number of hydrogen-bond donors (Lipinski definition) is 3. The van der Waals surface area contributed by atoms with E-state index in [4.69, 9.17) is 0 Å². The lowest BCUT2D eigenvalue weighted by Crippen LogP contribution is -2.54. The van der Waals surface area contributed by atoms with E-state index < -0.39 is 23.8 Å². The summed E-state index contributed by atoms with van der Waals surface area (Å²) in [4.78, 5) is 50.7. The summed E-state index contributed by atoms with van der Waals surface area (Å²) in [6.45, 7) is 3.00. The van der Waals surface area contributed by atoms with Gasteiger partial charge in [0.1, 0.15) is 6.04 Å². The molecule has 1 aliphatic carbocycles. The van der Waals surface area contributed by atoms with E-state index in [2.05, 4.69) is 16.0 Å². The lowest BCUT2D eigenvalue weighted by atomic mass is 9.57. The second kappa shape index (κ2) is 8.83. The molecule has 4 amide bonds. The zero-order valence-corrected chi connectivity index (χ0v) is 18.8. The van der Waals surface area contributed by atoms with E-state index in [1.165, 1.54) is 25.7 Å². The topological polar surface area (TPSA) is 108 Å². The molecule has 3 N–H and O–H groups in total. The van der Waals surface area contributed by atoms with E-state index in [9.17, 15) is 19.2 Å². The summed E-state index contributed by atoms with van der Waals surface area (Å²) in [6, 6.07) is 4.26. The van der Waals surface area contributed by atoms with Crippen LogP contribution in [0.25, 0.3) is 0 Å². The molecule has 4 aliphatic rings. The highest BCUT2D eigenvalue weighted by molar-refractivity contribution is 6.25. The van der Waals surface area contributed by atoms with E-state index in [1.807, 2.05) is 6.07 Å². The van der Waals surface area contributed by atoms with Gasteiger partial charge in [0.25, 0.3) is 11.8 Å².